The van der Waals surface area contributed by atoms with Crippen LogP contribution in [0.25, 0.3) is 22.4 Å². The van der Waals surface area contributed by atoms with Crippen LogP contribution in [-0.4, -0.2) is 19.5 Å². The van der Waals surface area contributed by atoms with Gasteiger partial charge in [-0.25, -0.2) is 15.0 Å². The number of anilines is 2. The van der Waals surface area contributed by atoms with Crippen LogP contribution < -0.4 is 11.5 Å². The number of nitrogen functional groups attached to an aromatic ring is 2. The van der Waals surface area contributed by atoms with Crippen molar-refractivity contribution in [1.29, 1.82) is 0 Å². The van der Waals surface area contributed by atoms with Crippen molar-refractivity contribution >= 4 is 22.8 Å². The van der Waals surface area contributed by atoms with E-state index >= 15 is 0 Å². The zero-order valence-electron chi connectivity index (χ0n) is 16.1. The number of aromatic nitrogens is 4. The molecule has 30 heavy (non-hydrogen) atoms. The molecule has 0 aliphatic carbocycles. The molecule has 0 amide bonds. The van der Waals surface area contributed by atoms with Crippen LogP contribution in [0, 0.1) is 6.92 Å². The average Bonchev–Trinajstić information content (AvgIpc) is 2.99. The van der Waals surface area contributed by atoms with Gasteiger partial charge in [0.1, 0.15) is 23.0 Å². The lowest BCUT2D eigenvalue weighted by Crippen LogP contribution is -2.12. The van der Waals surface area contributed by atoms with Crippen molar-refractivity contribution < 1.29 is 13.2 Å². The molecule has 4 aromatic rings. The molecule has 6 nitrogen and oxygen atoms in total. The van der Waals surface area contributed by atoms with Gasteiger partial charge in [-0.2, -0.15) is 13.2 Å². The summed E-state index contributed by atoms with van der Waals surface area (Å²) in [7, 11) is 0. The maximum atomic E-state index is 13.3. The van der Waals surface area contributed by atoms with E-state index in [0.29, 0.717) is 34.8 Å². The second kappa shape index (κ2) is 7.33. The fourth-order valence-corrected chi connectivity index (χ4v) is 3.51. The van der Waals surface area contributed by atoms with Crippen LogP contribution >= 0.6 is 0 Å². The van der Waals surface area contributed by atoms with Crippen LogP contribution in [0.3, 0.4) is 0 Å². The minimum atomic E-state index is -4.39. The molecule has 0 aliphatic heterocycles. The Labute approximate surface area is 170 Å². The third-order valence-electron chi connectivity index (χ3n) is 4.87. The number of halogens is 3. The van der Waals surface area contributed by atoms with Gasteiger partial charge in [0, 0.05) is 12.1 Å². The summed E-state index contributed by atoms with van der Waals surface area (Å²) in [4.78, 5) is 13.1. The second-order valence-corrected chi connectivity index (χ2v) is 6.96. The van der Waals surface area contributed by atoms with Gasteiger partial charge in [-0.15, -0.1) is 0 Å². The Balaban J connectivity index is 1.71. The molecule has 0 saturated heterocycles. The minimum Gasteiger partial charge on any atom is -0.384 e. The van der Waals surface area contributed by atoms with Gasteiger partial charge in [-0.3, -0.25) is 0 Å². The monoisotopic (exact) mass is 412 g/mol. The number of fused-ring (bicyclic) bond motifs is 1. The number of hydrogen-bond acceptors (Lipinski definition) is 5. The van der Waals surface area contributed by atoms with Gasteiger partial charge in [-0.1, -0.05) is 18.2 Å². The van der Waals surface area contributed by atoms with E-state index in [2.05, 4.69) is 15.0 Å². The Kier molecular flexibility index (Phi) is 4.81. The molecule has 3 heterocycles. The third-order valence-corrected chi connectivity index (χ3v) is 4.87. The van der Waals surface area contributed by atoms with Gasteiger partial charge in [0.05, 0.1) is 11.3 Å². The van der Waals surface area contributed by atoms with E-state index in [1.54, 1.807) is 31.2 Å². The van der Waals surface area contributed by atoms with Crippen LogP contribution in [-0.2, 0) is 19.1 Å². The number of nitrogens with zero attached hydrogens (tertiary/aromatic N) is 4. The van der Waals surface area contributed by atoms with Crippen LogP contribution in [0.15, 0.2) is 48.5 Å². The van der Waals surface area contributed by atoms with Gasteiger partial charge in [-0.05, 0) is 49.2 Å². The molecule has 4 N–H and O–H groups in total. The Morgan fingerprint density at radius 3 is 2.33 bits per heavy atom. The molecular weight excluding hydrogens is 393 g/mol. The molecule has 0 radical (unpaired) electrons. The quantitative estimate of drug-likeness (QED) is 0.523. The van der Waals surface area contributed by atoms with E-state index in [4.69, 9.17) is 11.5 Å². The van der Waals surface area contributed by atoms with E-state index in [1.807, 2.05) is 10.6 Å². The fraction of sp³-hybridized carbons (Fsp3) is 0.190. The zero-order chi connectivity index (χ0) is 21.5. The summed E-state index contributed by atoms with van der Waals surface area (Å²) in [6.07, 6.45) is -4.20. The summed E-state index contributed by atoms with van der Waals surface area (Å²) in [6, 6.07) is 12.5. The fourth-order valence-electron chi connectivity index (χ4n) is 3.51. The lowest BCUT2D eigenvalue weighted by molar-refractivity contribution is -0.138. The third kappa shape index (κ3) is 3.78. The largest absolute Gasteiger partial charge is 0.416 e. The van der Waals surface area contributed by atoms with Crippen LogP contribution in [0.4, 0.5) is 24.8 Å². The summed E-state index contributed by atoms with van der Waals surface area (Å²) in [5.41, 5.74) is 13.7. The topological polar surface area (TPSA) is 95.6 Å². The highest BCUT2D eigenvalue weighted by atomic mass is 19.4. The number of hydrogen-bond donors (Lipinski definition) is 2. The number of aryl methyl sites for hydroxylation is 3. The van der Waals surface area contributed by atoms with E-state index in [1.165, 1.54) is 12.1 Å². The standard InChI is InChI=1S/C21H19F3N6/c1-12-27-17-7-6-16(14-10-18(25)29-19(26)11-14)28-20(17)30(12)9-8-13-4-2-3-5-15(13)21(22,23)24/h2-7,10-11H,8-9H2,1H3,(H4,25,26,29). The number of rotatable bonds is 4. The van der Waals surface area contributed by atoms with E-state index < -0.39 is 11.7 Å². The van der Waals surface area contributed by atoms with Gasteiger partial charge in [0.2, 0.25) is 0 Å². The van der Waals surface area contributed by atoms with Crippen molar-refractivity contribution in [1.82, 2.24) is 19.5 Å². The molecule has 4 rings (SSSR count). The van der Waals surface area contributed by atoms with Crippen molar-refractivity contribution in [2.75, 3.05) is 11.5 Å². The molecule has 0 atom stereocenters. The Hall–Kier alpha value is -3.62. The highest BCUT2D eigenvalue weighted by molar-refractivity contribution is 5.77. The highest BCUT2D eigenvalue weighted by Gasteiger charge is 2.32. The molecule has 0 unspecified atom stereocenters. The molecule has 1 aromatic carbocycles. The van der Waals surface area contributed by atoms with E-state index in [-0.39, 0.29) is 23.6 Å². The molecule has 0 bridgehead atoms. The van der Waals surface area contributed by atoms with Gasteiger partial charge < -0.3 is 16.0 Å². The van der Waals surface area contributed by atoms with Crippen molar-refractivity contribution in [2.45, 2.75) is 26.1 Å². The lowest BCUT2D eigenvalue weighted by atomic mass is 10.0. The predicted molar refractivity (Wildman–Crippen MR) is 109 cm³/mol. The molecule has 0 spiro atoms. The maximum absolute atomic E-state index is 13.3. The summed E-state index contributed by atoms with van der Waals surface area (Å²) in [6.45, 7) is 2.12. The van der Waals surface area contributed by atoms with Crippen LogP contribution in [0.2, 0.25) is 0 Å². The summed E-state index contributed by atoms with van der Waals surface area (Å²) < 4.78 is 41.7. The van der Waals surface area contributed by atoms with Gasteiger partial charge in [0.15, 0.2) is 5.65 Å². The number of pyridine rings is 2. The molecule has 0 aliphatic rings. The first-order valence-electron chi connectivity index (χ1n) is 9.25. The van der Waals surface area contributed by atoms with Gasteiger partial charge >= 0.3 is 6.18 Å². The lowest BCUT2D eigenvalue weighted by Gasteiger charge is -2.13. The van der Waals surface area contributed by atoms with Crippen molar-refractivity contribution in [3.8, 4) is 11.3 Å². The highest BCUT2D eigenvalue weighted by Crippen LogP contribution is 2.32. The Morgan fingerprint density at radius 1 is 0.933 bits per heavy atom. The smallest absolute Gasteiger partial charge is 0.384 e. The normalized spacial score (nSPS) is 11.9. The number of benzene rings is 1. The first-order valence-corrected chi connectivity index (χ1v) is 9.25. The molecular formula is C21H19F3N6. The molecule has 9 heteroatoms. The van der Waals surface area contributed by atoms with Gasteiger partial charge in [0.25, 0.3) is 0 Å². The van der Waals surface area contributed by atoms with E-state index in [9.17, 15) is 13.2 Å². The summed E-state index contributed by atoms with van der Waals surface area (Å²) in [5.74, 6) is 1.23. The number of alkyl halides is 3. The Morgan fingerprint density at radius 2 is 1.63 bits per heavy atom. The van der Waals surface area contributed by atoms with Crippen molar-refractivity contribution in [3.63, 3.8) is 0 Å². The SMILES string of the molecule is Cc1nc2ccc(-c3cc(N)nc(N)c3)nc2n1CCc1ccccc1C(F)(F)F. The van der Waals surface area contributed by atoms with Crippen LogP contribution in [0.1, 0.15) is 17.0 Å². The minimum absolute atomic E-state index is 0.197. The average molecular weight is 412 g/mol. The molecule has 3 aromatic heterocycles. The van der Waals surface area contributed by atoms with E-state index in [0.717, 1.165) is 6.07 Å². The van der Waals surface area contributed by atoms with Crippen molar-refractivity contribution in [3.05, 3.63) is 65.5 Å². The number of imidazole rings is 1. The summed E-state index contributed by atoms with van der Waals surface area (Å²) in [5, 5.41) is 0. The molecule has 0 fully saturated rings. The van der Waals surface area contributed by atoms with Crippen molar-refractivity contribution in [2.24, 2.45) is 0 Å². The molecule has 154 valence electrons. The first kappa shape index (κ1) is 19.7. The predicted octanol–water partition coefficient (Wildman–Crippen LogP) is 4.23. The number of nitrogens with two attached hydrogens (primary N) is 2. The maximum Gasteiger partial charge on any atom is 0.416 e. The Bertz CT molecular complexity index is 1210. The second-order valence-electron chi connectivity index (χ2n) is 6.96. The van der Waals surface area contributed by atoms with Crippen LogP contribution in [0.5, 0.6) is 0 Å². The molecule has 0 saturated carbocycles. The first-order chi connectivity index (χ1) is 14.2. The zero-order valence-corrected chi connectivity index (χ0v) is 16.1. The summed E-state index contributed by atoms with van der Waals surface area (Å²) >= 11 is 0.